The molecule has 0 aliphatic rings. The largest absolute Gasteiger partial charge is 0.454 e. The van der Waals surface area contributed by atoms with E-state index < -0.39 is 11.6 Å². The van der Waals surface area contributed by atoms with E-state index >= 15 is 0 Å². The first-order valence-corrected chi connectivity index (χ1v) is 7.04. The topological polar surface area (TPSA) is 21.3 Å². The molecule has 0 saturated carbocycles. The molecule has 1 unspecified atom stereocenters. The Morgan fingerprint density at radius 3 is 2.57 bits per heavy atom. The second-order valence-corrected chi connectivity index (χ2v) is 5.05. The van der Waals surface area contributed by atoms with Gasteiger partial charge in [-0.3, -0.25) is 0 Å². The Morgan fingerprint density at radius 2 is 1.95 bits per heavy atom. The van der Waals surface area contributed by atoms with E-state index in [-0.39, 0.29) is 11.8 Å². The van der Waals surface area contributed by atoms with E-state index in [1.54, 1.807) is 12.1 Å². The Balaban J connectivity index is 2.20. The van der Waals surface area contributed by atoms with Crippen LogP contribution in [0.2, 0.25) is 5.02 Å². The minimum absolute atomic E-state index is 0.0417. The second kappa shape index (κ2) is 6.87. The monoisotopic (exact) mass is 311 g/mol. The Hall–Kier alpha value is -1.65. The fraction of sp³-hybridized carbons (Fsp3) is 0.250. The minimum Gasteiger partial charge on any atom is -0.454 e. The summed E-state index contributed by atoms with van der Waals surface area (Å²) >= 11 is 6.22. The lowest BCUT2D eigenvalue weighted by Crippen LogP contribution is -2.17. The molecule has 0 aliphatic carbocycles. The zero-order chi connectivity index (χ0) is 15.4. The molecule has 0 heterocycles. The highest BCUT2D eigenvalue weighted by atomic mass is 35.5. The van der Waals surface area contributed by atoms with Crippen molar-refractivity contribution in [2.45, 2.75) is 19.9 Å². The van der Waals surface area contributed by atoms with Gasteiger partial charge in [-0.25, -0.2) is 8.78 Å². The molecule has 21 heavy (non-hydrogen) atoms. The first kappa shape index (κ1) is 15.7. The highest BCUT2D eigenvalue weighted by molar-refractivity contribution is 6.31. The van der Waals surface area contributed by atoms with Gasteiger partial charge >= 0.3 is 0 Å². The molecular formula is C16H16ClF2NO. The van der Waals surface area contributed by atoms with E-state index in [4.69, 9.17) is 16.3 Å². The van der Waals surface area contributed by atoms with Crippen molar-refractivity contribution in [1.82, 2.24) is 5.32 Å². The Kier molecular flexibility index (Phi) is 5.15. The Morgan fingerprint density at radius 1 is 1.19 bits per heavy atom. The van der Waals surface area contributed by atoms with Crippen molar-refractivity contribution >= 4 is 11.6 Å². The van der Waals surface area contributed by atoms with Crippen molar-refractivity contribution in [3.8, 4) is 11.5 Å². The number of halogens is 3. The van der Waals surface area contributed by atoms with Gasteiger partial charge in [-0.05, 0) is 43.3 Å². The van der Waals surface area contributed by atoms with Crippen LogP contribution in [0.3, 0.4) is 0 Å². The maximum atomic E-state index is 13.5. The summed E-state index contributed by atoms with van der Waals surface area (Å²) in [5.74, 6) is -1.04. The van der Waals surface area contributed by atoms with Gasteiger partial charge in [0.25, 0.3) is 0 Å². The summed E-state index contributed by atoms with van der Waals surface area (Å²) in [6.45, 7) is 4.85. The van der Waals surface area contributed by atoms with Gasteiger partial charge in [0.15, 0.2) is 11.6 Å². The summed E-state index contributed by atoms with van der Waals surface area (Å²) < 4.78 is 31.8. The van der Waals surface area contributed by atoms with E-state index in [1.807, 2.05) is 19.9 Å². The van der Waals surface area contributed by atoms with Gasteiger partial charge in [-0.1, -0.05) is 24.6 Å². The lowest BCUT2D eigenvalue weighted by Gasteiger charge is -2.15. The lowest BCUT2D eigenvalue weighted by molar-refractivity contribution is 0.437. The van der Waals surface area contributed by atoms with E-state index in [0.717, 1.165) is 24.2 Å². The van der Waals surface area contributed by atoms with Crippen molar-refractivity contribution in [3.63, 3.8) is 0 Å². The van der Waals surface area contributed by atoms with Gasteiger partial charge < -0.3 is 10.1 Å². The highest BCUT2D eigenvalue weighted by Gasteiger charge is 2.11. The summed E-state index contributed by atoms with van der Waals surface area (Å²) in [6, 6.07) is 8.42. The van der Waals surface area contributed by atoms with Crippen LogP contribution in [0.5, 0.6) is 11.5 Å². The number of benzene rings is 2. The smallest absolute Gasteiger partial charge is 0.168 e. The summed E-state index contributed by atoms with van der Waals surface area (Å²) in [5.41, 5.74) is 0.936. The van der Waals surface area contributed by atoms with Crippen LogP contribution in [-0.4, -0.2) is 6.54 Å². The molecule has 2 aromatic rings. The number of rotatable bonds is 5. The van der Waals surface area contributed by atoms with Crippen LogP contribution in [0.25, 0.3) is 0 Å². The minimum atomic E-state index is -0.754. The molecule has 5 heteroatoms. The zero-order valence-corrected chi connectivity index (χ0v) is 12.5. The molecule has 0 spiro atoms. The van der Waals surface area contributed by atoms with Crippen LogP contribution in [-0.2, 0) is 0 Å². The molecule has 2 rings (SSSR count). The average Bonchev–Trinajstić information content (AvgIpc) is 2.42. The number of hydrogen-bond donors (Lipinski definition) is 1. The van der Waals surface area contributed by atoms with Crippen molar-refractivity contribution < 1.29 is 13.5 Å². The molecule has 1 N–H and O–H groups in total. The van der Waals surface area contributed by atoms with Gasteiger partial charge in [-0.2, -0.15) is 0 Å². The van der Waals surface area contributed by atoms with Crippen LogP contribution in [0.4, 0.5) is 8.78 Å². The molecule has 112 valence electrons. The predicted molar refractivity (Wildman–Crippen MR) is 80.0 cm³/mol. The lowest BCUT2D eigenvalue weighted by atomic mass is 10.1. The van der Waals surface area contributed by atoms with Gasteiger partial charge in [-0.15, -0.1) is 0 Å². The van der Waals surface area contributed by atoms with Gasteiger partial charge in [0, 0.05) is 17.1 Å². The van der Waals surface area contributed by atoms with Crippen molar-refractivity contribution in [3.05, 3.63) is 58.6 Å². The van der Waals surface area contributed by atoms with Crippen molar-refractivity contribution in [1.29, 1.82) is 0 Å². The van der Waals surface area contributed by atoms with Crippen LogP contribution in [0.15, 0.2) is 36.4 Å². The third-order valence-electron chi connectivity index (χ3n) is 3.07. The van der Waals surface area contributed by atoms with Crippen molar-refractivity contribution in [2.24, 2.45) is 0 Å². The maximum absolute atomic E-state index is 13.5. The Labute approximate surface area is 127 Å². The molecule has 0 radical (unpaired) electrons. The summed E-state index contributed by atoms with van der Waals surface area (Å²) in [6.07, 6.45) is 0. The predicted octanol–water partition coefficient (Wildman–Crippen LogP) is 5.08. The van der Waals surface area contributed by atoms with Gasteiger partial charge in [0.1, 0.15) is 11.6 Å². The fourth-order valence-electron chi connectivity index (χ4n) is 2.02. The normalized spacial score (nSPS) is 12.2. The standard InChI is InChI=1S/C16H16ClF2NO/c1-3-20-10(2)13-6-5-12(9-14(13)17)21-16-7-4-11(18)8-15(16)19/h4-10,20H,3H2,1-2H3. The highest BCUT2D eigenvalue weighted by Crippen LogP contribution is 2.31. The summed E-state index contributed by atoms with van der Waals surface area (Å²) in [4.78, 5) is 0. The second-order valence-electron chi connectivity index (χ2n) is 4.64. The zero-order valence-electron chi connectivity index (χ0n) is 11.8. The van der Waals surface area contributed by atoms with Crippen LogP contribution < -0.4 is 10.1 Å². The molecule has 2 nitrogen and oxygen atoms in total. The molecule has 0 amide bonds. The van der Waals surface area contributed by atoms with Crippen LogP contribution >= 0.6 is 11.6 Å². The van der Waals surface area contributed by atoms with Crippen LogP contribution in [0.1, 0.15) is 25.5 Å². The van der Waals surface area contributed by atoms with Gasteiger partial charge in [0.2, 0.25) is 0 Å². The van der Waals surface area contributed by atoms with Crippen LogP contribution in [0, 0.1) is 11.6 Å². The third kappa shape index (κ3) is 3.93. The first-order valence-electron chi connectivity index (χ1n) is 6.67. The molecule has 0 aromatic heterocycles. The maximum Gasteiger partial charge on any atom is 0.168 e. The molecule has 2 aromatic carbocycles. The molecule has 0 aliphatic heterocycles. The summed E-state index contributed by atoms with van der Waals surface area (Å²) in [5, 5.41) is 3.79. The number of hydrogen-bond acceptors (Lipinski definition) is 2. The van der Waals surface area contributed by atoms with E-state index in [9.17, 15) is 8.78 Å². The molecule has 0 bridgehead atoms. The molecular weight excluding hydrogens is 296 g/mol. The molecule has 0 saturated heterocycles. The summed E-state index contributed by atoms with van der Waals surface area (Å²) in [7, 11) is 0. The SMILES string of the molecule is CCNC(C)c1ccc(Oc2ccc(F)cc2F)cc1Cl. The third-order valence-corrected chi connectivity index (χ3v) is 3.40. The first-order chi connectivity index (χ1) is 10.0. The van der Waals surface area contributed by atoms with E-state index in [1.165, 1.54) is 6.07 Å². The number of ether oxygens (including phenoxy) is 1. The quantitative estimate of drug-likeness (QED) is 0.831. The van der Waals surface area contributed by atoms with E-state index in [2.05, 4.69) is 5.32 Å². The molecule has 0 fully saturated rings. The average molecular weight is 312 g/mol. The fourth-order valence-corrected chi connectivity index (χ4v) is 2.36. The number of nitrogens with one attached hydrogen (secondary N) is 1. The van der Waals surface area contributed by atoms with Crippen molar-refractivity contribution in [2.75, 3.05) is 6.54 Å². The Bertz CT molecular complexity index is 634. The van der Waals surface area contributed by atoms with E-state index in [0.29, 0.717) is 10.8 Å². The van der Waals surface area contributed by atoms with Gasteiger partial charge in [0.05, 0.1) is 0 Å². The molecule has 1 atom stereocenters.